The maximum atomic E-state index is 10.7. The molecular weight excluding hydrogens is 333 g/mol. The summed E-state index contributed by atoms with van der Waals surface area (Å²) in [6, 6.07) is 5.66. The van der Waals surface area contributed by atoms with Crippen LogP contribution < -0.4 is 0 Å². The van der Waals surface area contributed by atoms with Crippen molar-refractivity contribution in [3.05, 3.63) is 28.2 Å². The minimum Gasteiger partial charge on any atom is -0.481 e. The molecule has 0 saturated heterocycles. The molecule has 0 amide bonds. The first-order chi connectivity index (χ1) is 10.1. The molecule has 0 aliphatic heterocycles. The Kier molecular flexibility index (Phi) is 4.10. The van der Waals surface area contributed by atoms with Crippen molar-refractivity contribution >= 4 is 40.9 Å². The molecule has 2 aromatic rings. The van der Waals surface area contributed by atoms with Gasteiger partial charge in [-0.2, -0.15) is 0 Å². The largest absolute Gasteiger partial charge is 0.481 e. The zero-order valence-corrected chi connectivity index (χ0v) is 13.1. The quantitative estimate of drug-likeness (QED) is 0.837. The first kappa shape index (κ1) is 14.7. The summed E-state index contributed by atoms with van der Waals surface area (Å²) < 4.78 is 1.96. The Hall–Kier alpha value is -1.24. The van der Waals surface area contributed by atoms with E-state index in [1.807, 2.05) is 10.6 Å². The number of hydrogen-bond donors (Lipinski definition) is 1. The summed E-state index contributed by atoms with van der Waals surface area (Å²) in [5.41, 5.74) is 0.714. The van der Waals surface area contributed by atoms with Crippen LogP contribution in [0.5, 0.6) is 0 Å². The van der Waals surface area contributed by atoms with Crippen LogP contribution in [0.4, 0.5) is 0 Å². The molecule has 0 bridgehead atoms. The van der Waals surface area contributed by atoms with Gasteiger partial charge >= 0.3 is 5.97 Å². The van der Waals surface area contributed by atoms with Crippen molar-refractivity contribution in [2.75, 3.05) is 5.75 Å². The second kappa shape index (κ2) is 5.87. The number of carboxylic acid groups (broad SMARTS) is 1. The van der Waals surface area contributed by atoms with Crippen LogP contribution in [-0.2, 0) is 4.79 Å². The van der Waals surface area contributed by atoms with Crippen LogP contribution >= 0.6 is 35.0 Å². The third-order valence-electron chi connectivity index (χ3n) is 3.09. The third kappa shape index (κ3) is 3.02. The first-order valence-electron chi connectivity index (χ1n) is 6.32. The molecule has 1 aliphatic carbocycles. The monoisotopic (exact) mass is 343 g/mol. The van der Waals surface area contributed by atoms with Gasteiger partial charge < -0.3 is 5.11 Å². The standard InChI is InChI=1S/C13H11Cl2N3O2S/c14-9-3-1-2-8(11(9)15)12-16-17-13(21-6-10(19)20)18(12)7-4-5-7/h1-3,7H,4-6H2,(H,19,20). The van der Waals surface area contributed by atoms with Gasteiger partial charge in [-0.1, -0.05) is 41.0 Å². The van der Waals surface area contributed by atoms with Gasteiger partial charge in [-0.15, -0.1) is 10.2 Å². The van der Waals surface area contributed by atoms with Gasteiger partial charge in [0.25, 0.3) is 0 Å². The van der Waals surface area contributed by atoms with Crippen molar-refractivity contribution in [2.45, 2.75) is 24.0 Å². The Morgan fingerprint density at radius 1 is 1.38 bits per heavy atom. The van der Waals surface area contributed by atoms with Crippen LogP contribution in [-0.4, -0.2) is 31.6 Å². The number of halogens is 2. The van der Waals surface area contributed by atoms with Crippen molar-refractivity contribution in [2.24, 2.45) is 0 Å². The van der Waals surface area contributed by atoms with Gasteiger partial charge in [0.05, 0.1) is 15.8 Å². The van der Waals surface area contributed by atoms with Crippen LogP contribution in [0.2, 0.25) is 10.0 Å². The van der Waals surface area contributed by atoms with E-state index >= 15 is 0 Å². The molecule has 5 nitrogen and oxygen atoms in total. The van der Waals surface area contributed by atoms with Gasteiger partial charge in [0.1, 0.15) is 0 Å². The van der Waals surface area contributed by atoms with Crippen molar-refractivity contribution < 1.29 is 9.90 Å². The highest BCUT2D eigenvalue weighted by Crippen LogP contribution is 2.43. The molecule has 0 atom stereocenters. The molecule has 1 heterocycles. The molecule has 110 valence electrons. The molecular formula is C13H11Cl2N3O2S. The predicted molar refractivity (Wildman–Crippen MR) is 82.1 cm³/mol. The number of hydrogen-bond acceptors (Lipinski definition) is 4. The molecule has 1 fully saturated rings. The molecule has 3 rings (SSSR count). The van der Waals surface area contributed by atoms with Crippen LogP contribution in [0.3, 0.4) is 0 Å². The van der Waals surface area contributed by atoms with Crippen LogP contribution in [0, 0.1) is 0 Å². The Balaban J connectivity index is 2.02. The third-order valence-corrected chi connectivity index (χ3v) is 4.84. The van der Waals surface area contributed by atoms with Gasteiger partial charge in [-0.05, 0) is 25.0 Å². The number of nitrogens with zero attached hydrogens (tertiary/aromatic N) is 3. The number of rotatable bonds is 5. The van der Waals surface area contributed by atoms with Crippen molar-refractivity contribution in [1.82, 2.24) is 14.8 Å². The molecule has 1 N–H and O–H groups in total. The summed E-state index contributed by atoms with van der Waals surface area (Å²) in [5, 5.41) is 18.6. The van der Waals surface area contributed by atoms with E-state index in [1.165, 1.54) is 0 Å². The second-order valence-corrected chi connectivity index (χ2v) is 6.42. The lowest BCUT2D eigenvalue weighted by Crippen LogP contribution is -2.03. The fraction of sp³-hybridized carbons (Fsp3) is 0.308. The van der Waals surface area contributed by atoms with E-state index in [0.29, 0.717) is 32.6 Å². The summed E-state index contributed by atoms with van der Waals surface area (Å²) in [6.07, 6.45) is 2.06. The Labute approximate surface area is 135 Å². The molecule has 0 spiro atoms. The van der Waals surface area contributed by atoms with Gasteiger partial charge in [0.2, 0.25) is 0 Å². The zero-order valence-electron chi connectivity index (χ0n) is 10.8. The fourth-order valence-electron chi connectivity index (χ4n) is 2.02. The minimum atomic E-state index is -0.882. The fourth-order valence-corrected chi connectivity index (χ4v) is 3.13. The summed E-state index contributed by atoms with van der Waals surface area (Å²) in [4.78, 5) is 10.7. The van der Waals surface area contributed by atoms with Crippen molar-refractivity contribution in [1.29, 1.82) is 0 Å². The van der Waals surface area contributed by atoms with Gasteiger partial charge in [-0.25, -0.2) is 0 Å². The van der Waals surface area contributed by atoms with Gasteiger partial charge in [-0.3, -0.25) is 9.36 Å². The highest BCUT2D eigenvalue weighted by Gasteiger charge is 2.31. The summed E-state index contributed by atoms with van der Waals surface area (Å²) >= 11 is 13.5. The second-order valence-electron chi connectivity index (χ2n) is 4.69. The number of carbonyl (C=O) groups is 1. The maximum Gasteiger partial charge on any atom is 0.313 e. The molecule has 1 saturated carbocycles. The van der Waals surface area contributed by atoms with Crippen LogP contribution in [0.15, 0.2) is 23.4 Å². The average molecular weight is 344 g/mol. The van der Waals surface area contributed by atoms with Crippen LogP contribution in [0.1, 0.15) is 18.9 Å². The molecule has 0 unspecified atom stereocenters. The minimum absolute atomic E-state index is 0.0475. The maximum absolute atomic E-state index is 10.7. The molecule has 1 aliphatic rings. The van der Waals surface area contributed by atoms with E-state index in [9.17, 15) is 4.79 Å². The average Bonchev–Trinajstić information content (AvgIpc) is 3.20. The first-order valence-corrected chi connectivity index (χ1v) is 8.06. The summed E-state index contributed by atoms with van der Waals surface area (Å²) in [7, 11) is 0. The lowest BCUT2D eigenvalue weighted by atomic mass is 10.2. The number of aliphatic carboxylic acids is 1. The van der Waals surface area contributed by atoms with E-state index in [-0.39, 0.29) is 5.75 Å². The highest BCUT2D eigenvalue weighted by atomic mass is 35.5. The van der Waals surface area contributed by atoms with E-state index < -0.39 is 5.97 Å². The molecule has 0 radical (unpaired) electrons. The van der Waals surface area contributed by atoms with E-state index in [1.54, 1.807) is 12.1 Å². The Morgan fingerprint density at radius 2 is 2.14 bits per heavy atom. The van der Waals surface area contributed by atoms with Crippen molar-refractivity contribution in [3.63, 3.8) is 0 Å². The predicted octanol–water partition coefficient (Wildman–Crippen LogP) is 3.76. The van der Waals surface area contributed by atoms with Crippen LogP contribution in [0.25, 0.3) is 11.4 Å². The van der Waals surface area contributed by atoms with E-state index in [4.69, 9.17) is 28.3 Å². The normalized spacial score (nSPS) is 14.4. The highest BCUT2D eigenvalue weighted by molar-refractivity contribution is 7.99. The number of aromatic nitrogens is 3. The molecule has 1 aromatic heterocycles. The lowest BCUT2D eigenvalue weighted by molar-refractivity contribution is -0.133. The smallest absolute Gasteiger partial charge is 0.313 e. The molecule has 1 aromatic carbocycles. The van der Waals surface area contributed by atoms with E-state index in [2.05, 4.69) is 10.2 Å². The SMILES string of the molecule is O=C(O)CSc1nnc(-c2cccc(Cl)c2Cl)n1C1CC1. The topological polar surface area (TPSA) is 68.0 Å². The van der Waals surface area contributed by atoms with E-state index in [0.717, 1.165) is 24.6 Å². The number of benzene rings is 1. The zero-order chi connectivity index (χ0) is 15.0. The molecule has 8 heteroatoms. The Bertz CT molecular complexity index is 701. The summed E-state index contributed by atoms with van der Waals surface area (Å²) in [6.45, 7) is 0. The Morgan fingerprint density at radius 3 is 2.81 bits per heavy atom. The lowest BCUT2D eigenvalue weighted by Gasteiger charge is -2.09. The summed E-state index contributed by atoms with van der Waals surface area (Å²) in [5.74, 6) is -0.292. The van der Waals surface area contributed by atoms with Gasteiger partial charge in [0.15, 0.2) is 11.0 Å². The molecule has 21 heavy (non-hydrogen) atoms. The number of carboxylic acids is 1. The van der Waals surface area contributed by atoms with Gasteiger partial charge in [0, 0.05) is 11.6 Å². The van der Waals surface area contributed by atoms with Crippen molar-refractivity contribution in [3.8, 4) is 11.4 Å². The number of thioether (sulfide) groups is 1.